The van der Waals surface area contributed by atoms with Gasteiger partial charge in [-0.25, -0.2) is 4.79 Å². The number of benzene rings is 1. The first-order valence-electron chi connectivity index (χ1n) is 10.5. The van der Waals surface area contributed by atoms with E-state index in [2.05, 4.69) is 15.7 Å². The van der Waals surface area contributed by atoms with Crippen LogP contribution in [0.1, 0.15) is 54.5 Å². The summed E-state index contributed by atoms with van der Waals surface area (Å²) in [5.74, 6) is 0.713. The van der Waals surface area contributed by atoms with Crippen LogP contribution in [0.2, 0.25) is 0 Å². The van der Waals surface area contributed by atoms with E-state index in [4.69, 9.17) is 9.47 Å². The Bertz CT molecular complexity index is 977. The minimum atomic E-state index is -0.461. The number of nitrogens with zero attached hydrogens (tertiary/aromatic N) is 3. The third kappa shape index (κ3) is 4.60. The molecular weight excluding hydrogens is 398 g/mol. The van der Waals surface area contributed by atoms with Gasteiger partial charge in [-0.05, 0) is 46.6 Å². The molecule has 0 aliphatic carbocycles. The maximum Gasteiger partial charge on any atom is 0.323 e. The van der Waals surface area contributed by atoms with Crippen molar-refractivity contribution in [3.63, 3.8) is 0 Å². The van der Waals surface area contributed by atoms with Crippen LogP contribution in [0.3, 0.4) is 0 Å². The fourth-order valence-electron chi connectivity index (χ4n) is 3.86. The maximum absolute atomic E-state index is 13.1. The van der Waals surface area contributed by atoms with E-state index in [1.165, 1.54) is 14.2 Å². The molecule has 0 saturated carbocycles. The first-order valence-corrected chi connectivity index (χ1v) is 10.5. The normalized spacial score (nSPS) is 13.5. The number of urea groups is 1. The van der Waals surface area contributed by atoms with E-state index in [0.717, 1.165) is 24.2 Å². The summed E-state index contributed by atoms with van der Waals surface area (Å²) in [6.07, 6.45) is 1.95. The molecule has 168 valence electrons. The molecule has 1 saturated heterocycles. The summed E-state index contributed by atoms with van der Waals surface area (Å²) in [6.45, 7) is 9.22. The molecule has 0 unspecified atom stereocenters. The predicted molar refractivity (Wildman–Crippen MR) is 119 cm³/mol. The molecule has 2 aromatic rings. The molecule has 2 heterocycles. The van der Waals surface area contributed by atoms with E-state index in [9.17, 15) is 9.59 Å². The number of carbonyl (C=O) groups is 2. The van der Waals surface area contributed by atoms with E-state index in [1.54, 1.807) is 17.0 Å². The zero-order valence-electron chi connectivity index (χ0n) is 19.0. The third-order valence-corrected chi connectivity index (χ3v) is 5.45. The summed E-state index contributed by atoms with van der Waals surface area (Å²) in [5, 5.41) is 10.2. The average Bonchev–Trinajstić information content (AvgIpc) is 3.37. The largest absolute Gasteiger partial charge is 0.493 e. The van der Waals surface area contributed by atoms with Crippen LogP contribution < -0.4 is 20.1 Å². The van der Waals surface area contributed by atoms with Crippen LogP contribution in [0.4, 0.5) is 16.2 Å². The Morgan fingerprint density at radius 2 is 1.65 bits per heavy atom. The highest BCUT2D eigenvalue weighted by molar-refractivity contribution is 6.07. The number of anilines is 2. The van der Waals surface area contributed by atoms with E-state index in [-0.39, 0.29) is 11.9 Å². The molecule has 2 N–H and O–H groups in total. The topological polar surface area (TPSA) is 97.7 Å². The minimum absolute atomic E-state index is 0.145. The molecule has 0 spiro atoms. The van der Waals surface area contributed by atoms with Crippen molar-refractivity contribution in [2.24, 2.45) is 0 Å². The molecule has 1 aromatic carbocycles. The van der Waals surface area contributed by atoms with Gasteiger partial charge in [-0.15, -0.1) is 0 Å². The number of hydrogen-bond acceptors (Lipinski definition) is 5. The highest BCUT2D eigenvalue weighted by atomic mass is 16.5. The molecule has 9 nitrogen and oxygen atoms in total. The molecule has 1 aromatic heterocycles. The molecule has 3 rings (SSSR count). The molecule has 3 amide bonds. The Morgan fingerprint density at radius 3 is 2.19 bits per heavy atom. The van der Waals surface area contributed by atoms with Crippen LogP contribution in [0, 0.1) is 13.8 Å². The van der Waals surface area contributed by atoms with E-state index < -0.39 is 6.03 Å². The smallest absolute Gasteiger partial charge is 0.323 e. The van der Waals surface area contributed by atoms with Gasteiger partial charge in [0, 0.05) is 25.2 Å². The van der Waals surface area contributed by atoms with Gasteiger partial charge in [-0.2, -0.15) is 5.10 Å². The number of methoxy groups -OCH3 is 2. The van der Waals surface area contributed by atoms with Crippen molar-refractivity contribution < 1.29 is 19.1 Å². The second kappa shape index (κ2) is 9.28. The minimum Gasteiger partial charge on any atom is -0.493 e. The Labute approximate surface area is 182 Å². The second-order valence-electron chi connectivity index (χ2n) is 7.92. The molecular formula is C22H31N5O4. The molecule has 0 radical (unpaired) electrons. The quantitative estimate of drug-likeness (QED) is 0.724. The predicted octanol–water partition coefficient (Wildman–Crippen LogP) is 3.98. The summed E-state index contributed by atoms with van der Waals surface area (Å²) >= 11 is 0. The Hall–Kier alpha value is -3.23. The number of amides is 3. The van der Waals surface area contributed by atoms with Gasteiger partial charge in [0.25, 0.3) is 5.91 Å². The van der Waals surface area contributed by atoms with Gasteiger partial charge in [0.2, 0.25) is 0 Å². The Kier molecular flexibility index (Phi) is 6.72. The van der Waals surface area contributed by atoms with Crippen LogP contribution in [0.25, 0.3) is 0 Å². The van der Waals surface area contributed by atoms with Gasteiger partial charge >= 0.3 is 6.03 Å². The number of aryl methyl sites for hydroxylation is 1. The SMILES string of the molecule is COc1cc(NC(=O)Nc2c(C)nn(C(C)C)c2C)c(C(=O)N2CCCC2)cc1OC. The summed E-state index contributed by atoms with van der Waals surface area (Å²) in [5.41, 5.74) is 2.96. The van der Waals surface area contributed by atoms with Gasteiger partial charge in [0.05, 0.1) is 42.5 Å². The summed E-state index contributed by atoms with van der Waals surface area (Å²) < 4.78 is 12.6. The summed E-state index contributed by atoms with van der Waals surface area (Å²) in [7, 11) is 3.02. The standard InChI is InChI=1S/C22H31N5O4/c1-13(2)27-15(4)20(14(3)25-27)24-22(29)23-17-12-19(31-6)18(30-5)11-16(17)21(28)26-9-7-8-10-26/h11-13H,7-10H2,1-6H3,(H2,23,24,29). The van der Waals surface area contributed by atoms with Crippen molar-refractivity contribution in [2.75, 3.05) is 37.9 Å². The highest BCUT2D eigenvalue weighted by Crippen LogP contribution is 2.34. The molecule has 31 heavy (non-hydrogen) atoms. The van der Waals surface area contributed by atoms with Crippen LogP contribution in [-0.4, -0.2) is 53.9 Å². The first kappa shape index (κ1) is 22.5. The lowest BCUT2D eigenvalue weighted by Crippen LogP contribution is -2.29. The summed E-state index contributed by atoms with van der Waals surface area (Å²) in [4.78, 5) is 27.7. The molecule has 1 aliphatic heterocycles. The Morgan fingerprint density at radius 1 is 1.03 bits per heavy atom. The van der Waals surface area contributed by atoms with Gasteiger partial charge in [-0.3, -0.25) is 9.48 Å². The van der Waals surface area contributed by atoms with Crippen LogP contribution in [0.15, 0.2) is 12.1 Å². The van der Waals surface area contributed by atoms with Crippen LogP contribution in [-0.2, 0) is 0 Å². The molecule has 1 fully saturated rings. The first-order chi connectivity index (χ1) is 14.8. The number of carbonyl (C=O) groups excluding carboxylic acids is 2. The van der Waals surface area contributed by atoms with Gasteiger partial charge in [0.15, 0.2) is 11.5 Å². The zero-order valence-corrected chi connectivity index (χ0v) is 19.0. The maximum atomic E-state index is 13.1. The van der Waals surface area contributed by atoms with Crippen molar-refractivity contribution in [2.45, 2.75) is 46.6 Å². The number of likely N-dealkylation sites (tertiary alicyclic amines) is 1. The molecule has 1 aliphatic rings. The second-order valence-corrected chi connectivity index (χ2v) is 7.92. The van der Waals surface area contributed by atoms with E-state index in [0.29, 0.717) is 41.5 Å². The monoisotopic (exact) mass is 429 g/mol. The number of aromatic nitrogens is 2. The molecule has 0 bridgehead atoms. The lowest BCUT2D eigenvalue weighted by Gasteiger charge is -2.20. The molecule has 0 atom stereocenters. The number of hydrogen-bond donors (Lipinski definition) is 2. The van der Waals surface area contributed by atoms with Crippen molar-refractivity contribution in [1.29, 1.82) is 0 Å². The number of rotatable bonds is 6. The van der Waals surface area contributed by atoms with Crippen LogP contribution in [0.5, 0.6) is 11.5 Å². The van der Waals surface area contributed by atoms with Gasteiger partial charge < -0.3 is 25.0 Å². The average molecular weight is 430 g/mol. The Balaban J connectivity index is 1.90. The zero-order chi connectivity index (χ0) is 22.7. The fraction of sp³-hybridized carbons (Fsp3) is 0.500. The summed E-state index contributed by atoms with van der Waals surface area (Å²) in [6, 6.07) is 2.94. The van der Waals surface area contributed by atoms with Crippen molar-refractivity contribution >= 4 is 23.3 Å². The van der Waals surface area contributed by atoms with E-state index in [1.807, 2.05) is 32.4 Å². The fourth-order valence-corrected chi connectivity index (χ4v) is 3.86. The number of ether oxygens (including phenoxy) is 2. The van der Waals surface area contributed by atoms with Crippen molar-refractivity contribution in [1.82, 2.24) is 14.7 Å². The third-order valence-electron chi connectivity index (χ3n) is 5.45. The van der Waals surface area contributed by atoms with E-state index >= 15 is 0 Å². The number of nitrogens with one attached hydrogen (secondary N) is 2. The van der Waals surface area contributed by atoms with Gasteiger partial charge in [0.1, 0.15) is 0 Å². The highest BCUT2D eigenvalue weighted by Gasteiger charge is 2.25. The lowest BCUT2D eigenvalue weighted by molar-refractivity contribution is 0.0793. The van der Waals surface area contributed by atoms with Crippen LogP contribution >= 0.6 is 0 Å². The van der Waals surface area contributed by atoms with Crippen molar-refractivity contribution in [3.05, 3.63) is 29.1 Å². The van der Waals surface area contributed by atoms with Gasteiger partial charge in [-0.1, -0.05) is 0 Å². The lowest BCUT2D eigenvalue weighted by atomic mass is 10.1. The van der Waals surface area contributed by atoms with Crippen molar-refractivity contribution in [3.8, 4) is 11.5 Å². The molecule has 9 heteroatoms.